The van der Waals surface area contributed by atoms with Crippen LogP contribution in [-0.4, -0.2) is 96.4 Å². The van der Waals surface area contributed by atoms with Crippen molar-refractivity contribution in [2.45, 2.75) is 32.7 Å². The lowest BCUT2D eigenvalue weighted by Gasteiger charge is -2.34. The molecule has 2 aromatic rings. The number of hydrogen-bond donors (Lipinski definition) is 2. The van der Waals surface area contributed by atoms with Crippen molar-refractivity contribution in [2.24, 2.45) is 0 Å². The van der Waals surface area contributed by atoms with Crippen LogP contribution in [0.1, 0.15) is 26.7 Å². The Balaban J connectivity index is 1.52. The number of halogens is 1. The number of methoxy groups -OCH3 is 1. The zero-order valence-electron chi connectivity index (χ0n) is 21.2. The van der Waals surface area contributed by atoms with Gasteiger partial charge in [0, 0.05) is 50.5 Å². The molecule has 36 heavy (non-hydrogen) atoms. The molecule has 1 aromatic carbocycles. The molecule has 2 aliphatic heterocycles. The second kappa shape index (κ2) is 12.0. The van der Waals surface area contributed by atoms with Crippen LogP contribution in [0.3, 0.4) is 0 Å². The van der Waals surface area contributed by atoms with E-state index < -0.39 is 5.82 Å². The van der Waals surface area contributed by atoms with Crippen molar-refractivity contribution in [1.29, 1.82) is 0 Å². The van der Waals surface area contributed by atoms with E-state index in [9.17, 15) is 9.18 Å². The minimum atomic E-state index is -0.480. The molecule has 4 rings (SSSR count). The smallest absolute Gasteiger partial charge is 0.409 e. The average molecular weight is 503 g/mol. The molecule has 12 heteroatoms. The Bertz CT molecular complexity index is 1030. The first kappa shape index (κ1) is 25.7. The molecule has 196 valence electrons. The Labute approximate surface area is 211 Å². The number of nitrogens with zero attached hydrogens (tertiary/aromatic N) is 6. The molecule has 0 radical (unpaired) electrons. The van der Waals surface area contributed by atoms with E-state index in [1.54, 1.807) is 24.0 Å². The van der Waals surface area contributed by atoms with Gasteiger partial charge in [-0.25, -0.2) is 9.18 Å². The Hall–Kier alpha value is -3.41. The number of benzene rings is 1. The van der Waals surface area contributed by atoms with E-state index in [1.807, 2.05) is 4.90 Å². The zero-order valence-corrected chi connectivity index (χ0v) is 21.2. The van der Waals surface area contributed by atoms with Gasteiger partial charge in [-0.1, -0.05) is 6.92 Å². The largest absolute Gasteiger partial charge is 0.494 e. The third kappa shape index (κ3) is 6.23. The van der Waals surface area contributed by atoms with Crippen molar-refractivity contribution in [3.05, 3.63) is 24.0 Å². The van der Waals surface area contributed by atoms with E-state index in [4.69, 9.17) is 9.47 Å². The second-order valence-electron chi connectivity index (χ2n) is 8.74. The fraction of sp³-hybridized carbons (Fsp3) is 0.583. The van der Waals surface area contributed by atoms with Gasteiger partial charge < -0.3 is 29.9 Å². The number of amides is 1. The first-order valence-electron chi connectivity index (χ1n) is 12.5. The number of aromatic nitrogens is 3. The predicted molar refractivity (Wildman–Crippen MR) is 136 cm³/mol. The van der Waals surface area contributed by atoms with Crippen LogP contribution in [0.4, 0.5) is 32.7 Å². The number of carbonyl (C=O) groups excluding carboxylic acids is 1. The highest BCUT2D eigenvalue weighted by Crippen LogP contribution is 2.24. The summed E-state index contributed by atoms with van der Waals surface area (Å²) >= 11 is 0. The molecule has 0 saturated carbocycles. The summed E-state index contributed by atoms with van der Waals surface area (Å²) in [6.07, 6.45) is 2.00. The summed E-state index contributed by atoms with van der Waals surface area (Å²) in [7, 11) is 1.42. The summed E-state index contributed by atoms with van der Waals surface area (Å²) in [6.45, 7) is 9.29. The van der Waals surface area contributed by atoms with Crippen LogP contribution in [-0.2, 0) is 4.74 Å². The fourth-order valence-electron chi connectivity index (χ4n) is 4.57. The van der Waals surface area contributed by atoms with Crippen molar-refractivity contribution in [2.75, 3.05) is 75.1 Å². The number of likely N-dealkylation sites (N-methyl/N-ethyl adjacent to an activating group) is 1. The molecule has 2 saturated heterocycles. The van der Waals surface area contributed by atoms with Crippen LogP contribution in [0.25, 0.3) is 0 Å². The van der Waals surface area contributed by atoms with E-state index >= 15 is 0 Å². The third-order valence-corrected chi connectivity index (χ3v) is 6.52. The van der Waals surface area contributed by atoms with Crippen molar-refractivity contribution in [3.8, 4) is 5.75 Å². The van der Waals surface area contributed by atoms with E-state index in [2.05, 4.69) is 37.4 Å². The topological polar surface area (TPSA) is 108 Å². The fourth-order valence-corrected chi connectivity index (χ4v) is 4.57. The van der Waals surface area contributed by atoms with Gasteiger partial charge in [0.1, 0.15) is 0 Å². The van der Waals surface area contributed by atoms with Crippen molar-refractivity contribution in [3.63, 3.8) is 0 Å². The summed E-state index contributed by atoms with van der Waals surface area (Å²) in [5.41, 5.74) is 0.497. The van der Waals surface area contributed by atoms with Crippen LogP contribution in [0.5, 0.6) is 5.75 Å². The molecule has 1 unspecified atom stereocenters. The molecule has 3 heterocycles. The summed E-state index contributed by atoms with van der Waals surface area (Å²) in [5, 5.41) is 6.47. The maximum atomic E-state index is 14.2. The highest BCUT2D eigenvalue weighted by molar-refractivity contribution is 5.68. The highest BCUT2D eigenvalue weighted by Gasteiger charge is 2.26. The average Bonchev–Trinajstić information content (AvgIpc) is 3.35. The van der Waals surface area contributed by atoms with Crippen LogP contribution >= 0.6 is 0 Å². The van der Waals surface area contributed by atoms with Crippen molar-refractivity contribution < 1.29 is 18.7 Å². The maximum Gasteiger partial charge on any atom is 0.409 e. The summed E-state index contributed by atoms with van der Waals surface area (Å²) in [4.78, 5) is 32.0. The maximum absolute atomic E-state index is 14.2. The van der Waals surface area contributed by atoms with Gasteiger partial charge in [-0.05, 0) is 45.0 Å². The molecule has 2 aliphatic rings. The Kier molecular flexibility index (Phi) is 8.57. The van der Waals surface area contributed by atoms with Gasteiger partial charge in [-0.3, -0.25) is 4.90 Å². The summed E-state index contributed by atoms with van der Waals surface area (Å²) < 4.78 is 24.4. The number of carbonyl (C=O) groups is 1. The second-order valence-corrected chi connectivity index (χ2v) is 8.74. The molecular formula is C24H35FN8O3. The first-order valence-corrected chi connectivity index (χ1v) is 12.5. The minimum absolute atomic E-state index is 0.163. The SMILES string of the molecule is CCOC(=O)N1CCN(c2nc(NCC3CCCN3CC)nc(Nc3ccc(OC)c(F)c3)n2)CC1. The van der Waals surface area contributed by atoms with E-state index in [1.165, 1.54) is 19.6 Å². The van der Waals surface area contributed by atoms with Gasteiger partial charge in [-0.15, -0.1) is 0 Å². The third-order valence-electron chi connectivity index (χ3n) is 6.52. The molecule has 1 aromatic heterocycles. The number of piperazine rings is 1. The highest BCUT2D eigenvalue weighted by atomic mass is 19.1. The van der Waals surface area contributed by atoms with Gasteiger partial charge >= 0.3 is 6.09 Å². The zero-order chi connectivity index (χ0) is 25.5. The number of anilines is 4. The minimum Gasteiger partial charge on any atom is -0.494 e. The van der Waals surface area contributed by atoms with E-state index in [0.29, 0.717) is 62.4 Å². The van der Waals surface area contributed by atoms with Gasteiger partial charge in [-0.2, -0.15) is 15.0 Å². The van der Waals surface area contributed by atoms with Gasteiger partial charge in [0.2, 0.25) is 17.8 Å². The molecule has 11 nitrogen and oxygen atoms in total. The molecule has 2 fully saturated rings. The first-order chi connectivity index (χ1) is 17.5. The standard InChI is InChI=1S/C24H35FN8O3/c1-4-31-10-6-7-18(31)16-26-21-28-22(27-17-8-9-20(35-3)19(25)15-17)30-23(29-21)32-11-13-33(14-12-32)24(34)36-5-2/h8-9,15,18H,4-7,10-14,16H2,1-3H3,(H2,26,27,28,29,30). The lowest BCUT2D eigenvalue weighted by atomic mass is 10.2. The predicted octanol–water partition coefficient (Wildman–Crippen LogP) is 2.94. The number of rotatable bonds is 9. The van der Waals surface area contributed by atoms with Crippen molar-refractivity contribution in [1.82, 2.24) is 24.8 Å². The van der Waals surface area contributed by atoms with E-state index in [0.717, 1.165) is 26.1 Å². The van der Waals surface area contributed by atoms with Gasteiger partial charge in [0.05, 0.1) is 13.7 Å². The van der Waals surface area contributed by atoms with Crippen molar-refractivity contribution >= 4 is 29.6 Å². The van der Waals surface area contributed by atoms with E-state index in [-0.39, 0.29) is 11.8 Å². The molecule has 1 atom stereocenters. The quantitative estimate of drug-likeness (QED) is 0.531. The summed E-state index contributed by atoms with van der Waals surface area (Å²) in [5.74, 6) is 0.930. The molecule has 2 N–H and O–H groups in total. The number of ether oxygens (including phenoxy) is 2. The normalized spacial score (nSPS) is 18.3. The monoisotopic (exact) mass is 502 g/mol. The number of hydrogen-bond acceptors (Lipinski definition) is 10. The van der Waals surface area contributed by atoms with Gasteiger partial charge in [0.15, 0.2) is 11.6 Å². The molecule has 0 bridgehead atoms. The number of likely N-dealkylation sites (tertiary alicyclic amines) is 1. The van der Waals surface area contributed by atoms with Crippen LogP contribution in [0, 0.1) is 5.82 Å². The molecule has 1 amide bonds. The Morgan fingerprint density at radius 1 is 1.11 bits per heavy atom. The summed E-state index contributed by atoms with van der Waals surface area (Å²) in [6, 6.07) is 5.02. The lowest BCUT2D eigenvalue weighted by Crippen LogP contribution is -2.49. The van der Waals surface area contributed by atoms with Crippen LogP contribution < -0.4 is 20.3 Å². The number of nitrogens with one attached hydrogen (secondary N) is 2. The van der Waals surface area contributed by atoms with Gasteiger partial charge in [0.25, 0.3) is 0 Å². The molecule has 0 spiro atoms. The lowest BCUT2D eigenvalue weighted by molar-refractivity contribution is 0.105. The Morgan fingerprint density at radius 2 is 1.89 bits per heavy atom. The molecule has 0 aliphatic carbocycles. The molecular weight excluding hydrogens is 467 g/mol. The van der Waals surface area contributed by atoms with Crippen LogP contribution in [0.15, 0.2) is 18.2 Å². The Morgan fingerprint density at radius 3 is 2.58 bits per heavy atom. The van der Waals surface area contributed by atoms with Crippen LogP contribution in [0.2, 0.25) is 0 Å².